The highest BCUT2D eigenvalue weighted by atomic mass is 16.2. The number of nitrogens with zero attached hydrogens (tertiary/aromatic N) is 4. The molecule has 0 aromatic carbocycles. The summed E-state index contributed by atoms with van der Waals surface area (Å²) in [7, 11) is 0. The predicted octanol–water partition coefficient (Wildman–Crippen LogP) is 1.75. The zero-order valence-corrected chi connectivity index (χ0v) is 15.5. The number of amides is 2. The molecule has 6 heteroatoms. The molecule has 2 fully saturated rings. The summed E-state index contributed by atoms with van der Waals surface area (Å²) in [6.45, 7) is 9.04. The van der Waals surface area contributed by atoms with Gasteiger partial charge in [0.25, 0.3) is 0 Å². The van der Waals surface area contributed by atoms with Gasteiger partial charge in [-0.3, -0.25) is 14.3 Å². The van der Waals surface area contributed by atoms with Crippen molar-refractivity contribution < 1.29 is 9.59 Å². The average molecular weight is 344 g/mol. The van der Waals surface area contributed by atoms with E-state index in [4.69, 9.17) is 5.10 Å². The van der Waals surface area contributed by atoms with Gasteiger partial charge in [0.15, 0.2) is 0 Å². The van der Waals surface area contributed by atoms with Crippen LogP contribution >= 0.6 is 0 Å². The maximum atomic E-state index is 12.7. The molecule has 0 saturated carbocycles. The van der Waals surface area contributed by atoms with Crippen LogP contribution in [0.2, 0.25) is 0 Å². The second-order valence-corrected chi connectivity index (χ2v) is 8.78. The first-order chi connectivity index (χ1) is 11.8. The highest BCUT2D eigenvalue weighted by Gasteiger charge is 2.42. The third kappa shape index (κ3) is 2.96. The molecular weight excluding hydrogens is 316 g/mol. The Bertz CT molecular complexity index is 703. The lowest BCUT2D eigenvalue weighted by molar-refractivity contribution is -0.137. The van der Waals surface area contributed by atoms with Gasteiger partial charge in [-0.25, -0.2) is 0 Å². The van der Waals surface area contributed by atoms with Crippen molar-refractivity contribution >= 4 is 11.8 Å². The average Bonchev–Trinajstić information content (AvgIpc) is 3.23. The van der Waals surface area contributed by atoms with Crippen molar-refractivity contribution in [2.24, 2.45) is 5.92 Å². The van der Waals surface area contributed by atoms with Gasteiger partial charge in [0.1, 0.15) is 0 Å². The van der Waals surface area contributed by atoms with Crippen LogP contribution in [-0.4, -0.2) is 57.6 Å². The standard InChI is InChI=1S/C19H28N4O2/c1-19(2,3)23-10-14-7-6-13-9-22(11-15(13)18(14)20-23)17(25)12-21-8-4-5-16(21)24/h10,13,15H,4-9,11-12H2,1-3H3/t13-,15+/m1/s1. The third-order valence-electron chi connectivity index (χ3n) is 5.94. The van der Waals surface area contributed by atoms with Crippen molar-refractivity contribution in [1.82, 2.24) is 19.6 Å². The first kappa shape index (κ1) is 16.6. The Morgan fingerprint density at radius 2 is 2.08 bits per heavy atom. The number of hydrogen-bond donors (Lipinski definition) is 0. The number of aromatic nitrogens is 2. The SMILES string of the molecule is CC(C)(C)n1cc2c(n1)[C@H]1CN(C(=O)CN3CCCC3=O)C[C@H]1CC2. The molecule has 0 radical (unpaired) electrons. The molecule has 1 aromatic rings. The van der Waals surface area contributed by atoms with E-state index >= 15 is 0 Å². The van der Waals surface area contributed by atoms with Crippen LogP contribution in [-0.2, 0) is 21.5 Å². The second-order valence-electron chi connectivity index (χ2n) is 8.78. The summed E-state index contributed by atoms with van der Waals surface area (Å²) < 4.78 is 2.08. The van der Waals surface area contributed by atoms with Crippen LogP contribution in [0.15, 0.2) is 6.20 Å². The highest BCUT2D eigenvalue weighted by molar-refractivity contribution is 5.86. The molecule has 2 amide bonds. The van der Waals surface area contributed by atoms with E-state index in [9.17, 15) is 9.59 Å². The van der Waals surface area contributed by atoms with E-state index in [1.165, 1.54) is 11.3 Å². The van der Waals surface area contributed by atoms with Gasteiger partial charge in [-0.15, -0.1) is 0 Å². The summed E-state index contributed by atoms with van der Waals surface area (Å²) in [5.41, 5.74) is 2.52. The number of likely N-dealkylation sites (tertiary alicyclic amines) is 2. The first-order valence-electron chi connectivity index (χ1n) is 9.47. The Hall–Kier alpha value is -1.85. The molecule has 3 aliphatic rings. The van der Waals surface area contributed by atoms with Crippen LogP contribution in [0.4, 0.5) is 0 Å². The number of hydrogen-bond acceptors (Lipinski definition) is 3. The summed E-state index contributed by atoms with van der Waals surface area (Å²) in [6, 6.07) is 0. The van der Waals surface area contributed by atoms with Crippen molar-refractivity contribution in [1.29, 1.82) is 0 Å². The molecule has 2 saturated heterocycles. The Labute approximate surface area is 149 Å². The smallest absolute Gasteiger partial charge is 0.242 e. The first-order valence-corrected chi connectivity index (χ1v) is 9.47. The maximum Gasteiger partial charge on any atom is 0.242 e. The van der Waals surface area contributed by atoms with Crippen LogP contribution in [0.1, 0.15) is 57.2 Å². The fourth-order valence-electron chi connectivity index (χ4n) is 4.42. The molecule has 1 aliphatic carbocycles. The highest BCUT2D eigenvalue weighted by Crippen LogP contribution is 2.41. The van der Waals surface area contributed by atoms with Gasteiger partial charge in [-0.1, -0.05) is 0 Å². The summed E-state index contributed by atoms with van der Waals surface area (Å²) in [5, 5.41) is 4.89. The van der Waals surface area contributed by atoms with Gasteiger partial charge in [-0.2, -0.15) is 5.10 Å². The van der Waals surface area contributed by atoms with E-state index in [2.05, 4.69) is 31.6 Å². The van der Waals surface area contributed by atoms with Crippen LogP contribution < -0.4 is 0 Å². The van der Waals surface area contributed by atoms with Gasteiger partial charge < -0.3 is 9.80 Å². The van der Waals surface area contributed by atoms with E-state index in [-0.39, 0.29) is 23.9 Å². The van der Waals surface area contributed by atoms with Gasteiger partial charge >= 0.3 is 0 Å². The lowest BCUT2D eigenvalue weighted by Gasteiger charge is -2.22. The zero-order chi connectivity index (χ0) is 17.8. The fourth-order valence-corrected chi connectivity index (χ4v) is 4.42. The second kappa shape index (κ2) is 5.85. The number of carbonyl (C=O) groups excluding carboxylic acids is 2. The molecule has 0 spiro atoms. The minimum absolute atomic E-state index is 0.0168. The molecule has 0 bridgehead atoms. The van der Waals surface area contributed by atoms with Gasteiger partial charge in [-0.05, 0) is 51.5 Å². The number of fused-ring (bicyclic) bond motifs is 3. The number of aryl methyl sites for hydroxylation is 1. The quantitative estimate of drug-likeness (QED) is 0.821. The van der Waals surface area contributed by atoms with E-state index in [0.29, 0.717) is 18.3 Å². The molecule has 3 heterocycles. The molecule has 4 rings (SSSR count). The van der Waals surface area contributed by atoms with Crippen molar-refractivity contribution in [2.45, 2.75) is 57.9 Å². The van der Waals surface area contributed by atoms with E-state index in [1.54, 1.807) is 4.90 Å². The molecule has 25 heavy (non-hydrogen) atoms. The van der Waals surface area contributed by atoms with Crippen molar-refractivity contribution in [3.8, 4) is 0 Å². The largest absolute Gasteiger partial charge is 0.340 e. The van der Waals surface area contributed by atoms with Crippen LogP contribution in [0.5, 0.6) is 0 Å². The Balaban J connectivity index is 1.48. The van der Waals surface area contributed by atoms with Crippen molar-refractivity contribution in [2.75, 3.05) is 26.2 Å². The van der Waals surface area contributed by atoms with Gasteiger partial charge in [0.2, 0.25) is 11.8 Å². The topological polar surface area (TPSA) is 58.4 Å². The molecule has 1 aromatic heterocycles. The van der Waals surface area contributed by atoms with Crippen molar-refractivity contribution in [3.63, 3.8) is 0 Å². The van der Waals surface area contributed by atoms with E-state index in [0.717, 1.165) is 38.9 Å². The Morgan fingerprint density at radius 1 is 1.28 bits per heavy atom. The molecule has 2 aliphatic heterocycles. The fraction of sp³-hybridized carbons (Fsp3) is 0.737. The summed E-state index contributed by atoms with van der Waals surface area (Å²) in [5.74, 6) is 1.08. The normalized spacial score (nSPS) is 26.1. The number of rotatable bonds is 2. The molecular formula is C19H28N4O2. The minimum atomic E-state index is -0.0168. The minimum Gasteiger partial charge on any atom is -0.340 e. The molecule has 6 nitrogen and oxygen atoms in total. The molecule has 136 valence electrons. The lowest BCUT2D eigenvalue weighted by atomic mass is 9.81. The van der Waals surface area contributed by atoms with Crippen LogP contribution in [0.3, 0.4) is 0 Å². The van der Waals surface area contributed by atoms with Gasteiger partial charge in [0, 0.05) is 38.2 Å². The van der Waals surface area contributed by atoms with Crippen LogP contribution in [0, 0.1) is 5.92 Å². The van der Waals surface area contributed by atoms with E-state index < -0.39 is 0 Å². The molecule has 0 unspecified atom stereocenters. The Morgan fingerprint density at radius 3 is 2.76 bits per heavy atom. The third-order valence-corrected chi connectivity index (χ3v) is 5.94. The zero-order valence-electron chi connectivity index (χ0n) is 15.5. The Kier molecular flexibility index (Phi) is 3.89. The van der Waals surface area contributed by atoms with Crippen LogP contribution in [0.25, 0.3) is 0 Å². The lowest BCUT2D eigenvalue weighted by Crippen LogP contribution is -2.39. The summed E-state index contributed by atoms with van der Waals surface area (Å²) >= 11 is 0. The summed E-state index contributed by atoms with van der Waals surface area (Å²) in [6.07, 6.45) is 5.84. The molecule has 0 N–H and O–H groups in total. The van der Waals surface area contributed by atoms with Crippen molar-refractivity contribution in [3.05, 3.63) is 17.5 Å². The predicted molar refractivity (Wildman–Crippen MR) is 94.2 cm³/mol. The number of carbonyl (C=O) groups is 2. The van der Waals surface area contributed by atoms with Gasteiger partial charge in [0.05, 0.1) is 17.8 Å². The maximum absolute atomic E-state index is 12.7. The molecule has 2 atom stereocenters. The summed E-state index contributed by atoms with van der Waals surface area (Å²) in [4.78, 5) is 28.1. The monoisotopic (exact) mass is 344 g/mol. The van der Waals surface area contributed by atoms with E-state index in [1.807, 2.05) is 4.90 Å².